The largest absolute Gasteiger partial charge is 0.493 e. The van der Waals surface area contributed by atoms with Gasteiger partial charge in [0.15, 0.2) is 11.5 Å². The monoisotopic (exact) mass is 366 g/mol. The van der Waals surface area contributed by atoms with Crippen LogP contribution in [0.4, 0.5) is 0 Å². The first-order valence-electron chi connectivity index (χ1n) is 9.12. The number of aromatic nitrogens is 1. The van der Waals surface area contributed by atoms with Gasteiger partial charge in [0.1, 0.15) is 0 Å². The molecule has 1 heterocycles. The molecule has 0 spiro atoms. The summed E-state index contributed by atoms with van der Waals surface area (Å²) in [4.78, 5) is 13.2. The molecule has 0 bridgehead atoms. The summed E-state index contributed by atoms with van der Waals surface area (Å²) in [5.74, 6) is 1.27. The van der Waals surface area contributed by atoms with Crippen molar-refractivity contribution in [2.45, 2.75) is 26.9 Å². The first kappa shape index (κ1) is 19.0. The number of hydrogen-bond donors (Lipinski definition) is 1. The molecule has 2 aromatic carbocycles. The third-order valence-electron chi connectivity index (χ3n) is 4.70. The number of nitrogens with zero attached hydrogens (tertiary/aromatic N) is 1. The highest BCUT2D eigenvalue weighted by atomic mass is 16.5. The Hall–Kier alpha value is -2.79. The van der Waals surface area contributed by atoms with Crippen LogP contribution in [-0.2, 0) is 13.1 Å². The number of ether oxygens (including phenoxy) is 2. The predicted molar refractivity (Wildman–Crippen MR) is 109 cm³/mol. The van der Waals surface area contributed by atoms with E-state index in [0.29, 0.717) is 24.6 Å². The van der Waals surface area contributed by atoms with Crippen molar-refractivity contribution in [1.82, 2.24) is 9.88 Å². The molecule has 0 radical (unpaired) electrons. The fraction of sp³-hybridized carbons (Fsp3) is 0.318. The van der Waals surface area contributed by atoms with Gasteiger partial charge in [-0.05, 0) is 31.2 Å². The molecule has 0 aliphatic rings. The van der Waals surface area contributed by atoms with E-state index in [1.54, 1.807) is 14.2 Å². The third-order valence-corrected chi connectivity index (χ3v) is 4.70. The van der Waals surface area contributed by atoms with Gasteiger partial charge in [-0.3, -0.25) is 4.79 Å². The molecule has 142 valence electrons. The Balaban J connectivity index is 2.21. The number of methoxy groups -OCH3 is 2. The maximum atomic E-state index is 13.2. The second kappa shape index (κ2) is 8.27. The van der Waals surface area contributed by atoms with Crippen molar-refractivity contribution in [3.05, 3.63) is 69.5 Å². The van der Waals surface area contributed by atoms with E-state index in [4.69, 9.17) is 9.47 Å². The lowest BCUT2D eigenvalue weighted by atomic mass is 10.1. The highest BCUT2D eigenvalue weighted by Gasteiger charge is 2.14. The number of benzene rings is 2. The average molecular weight is 366 g/mol. The van der Waals surface area contributed by atoms with Gasteiger partial charge in [0.05, 0.1) is 26.3 Å². The van der Waals surface area contributed by atoms with E-state index < -0.39 is 0 Å². The minimum Gasteiger partial charge on any atom is -0.493 e. The van der Waals surface area contributed by atoms with E-state index in [1.807, 2.05) is 29.7 Å². The second-order valence-electron chi connectivity index (χ2n) is 6.59. The van der Waals surface area contributed by atoms with Crippen LogP contribution in [0.1, 0.15) is 23.6 Å². The number of nitrogens with one attached hydrogen (secondary N) is 1. The van der Waals surface area contributed by atoms with E-state index >= 15 is 0 Å². The van der Waals surface area contributed by atoms with Gasteiger partial charge in [-0.1, -0.05) is 36.8 Å². The Bertz CT molecular complexity index is 991. The van der Waals surface area contributed by atoms with Gasteiger partial charge in [0, 0.05) is 23.6 Å². The van der Waals surface area contributed by atoms with Gasteiger partial charge in [-0.25, -0.2) is 0 Å². The Labute approximate surface area is 159 Å². The van der Waals surface area contributed by atoms with Crippen LogP contribution in [0.2, 0.25) is 0 Å². The molecule has 0 atom stereocenters. The van der Waals surface area contributed by atoms with Crippen molar-refractivity contribution in [2.75, 3.05) is 20.8 Å². The molecule has 5 heteroatoms. The van der Waals surface area contributed by atoms with E-state index in [0.717, 1.165) is 28.6 Å². The molecule has 0 aliphatic heterocycles. The fourth-order valence-corrected chi connectivity index (χ4v) is 3.18. The fourth-order valence-electron chi connectivity index (χ4n) is 3.18. The summed E-state index contributed by atoms with van der Waals surface area (Å²) in [6.45, 7) is 5.93. The first-order chi connectivity index (χ1) is 13.1. The van der Waals surface area contributed by atoms with Gasteiger partial charge in [-0.15, -0.1) is 0 Å². The molecule has 27 heavy (non-hydrogen) atoms. The summed E-state index contributed by atoms with van der Waals surface area (Å²) in [5.41, 5.74) is 3.86. The summed E-state index contributed by atoms with van der Waals surface area (Å²) >= 11 is 0. The van der Waals surface area contributed by atoms with Crippen molar-refractivity contribution in [3.63, 3.8) is 0 Å². The molecule has 0 fully saturated rings. The van der Waals surface area contributed by atoms with Crippen LogP contribution in [0.25, 0.3) is 10.9 Å². The molecule has 0 unspecified atom stereocenters. The number of fused-ring (bicyclic) bond motifs is 1. The Morgan fingerprint density at radius 1 is 1.00 bits per heavy atom. The van der Waals surface area contributed by atoms with Gasteiger partial charge in [-0.2, -0.15) is 0 Å². The van der Waals surface area contributed by atoms with Crippen LogP contribution < -0.4 is 20.3 Å². The smallest absolute Gasteiger partial charge is 0.255 e. The van der Waals surface area contributed by atoms with Crippen molar-refractivity contribution < 1.29 is 9.47 Å². The Kier molecular flexibility index (Phi) is 5.81. The normalized spacial score (nSPS) is 11.0. The van der Waals surface area contributed by atoms with Crippen molar-refractivity contribution >= 4 is 10.9 Å². The molecule has 3 rings (SSSR count). The highest BCUT2D eigenvalue weighted by Crippen LogP contribution is 2.32. The molecular weight excluding hydrogens is 340 g/mol. The maximum absolute atomic E-state index is 13.2. The van der Waals surface area contributed by atoms with Crippen LogP contribution in [0, 0.1) is 6.92 Å². The molecule has 0 aliphatic carbocycles. The summed E-state index contributed by atoms with van der Waals surface area (Å²) in [6.07, 6.45) is 0. The third kappa shape index (κ3) is 3.98. The van der Waals surface area contributed by atoms with Gasteiger partial charge in [0.2, 0.25) is 0 Å². The van der Waals surface area contributed by atoms with Crippen LogP contribution in [0.5, 0.6) is 11.5 Å². The van der Waals surface area contributed by atoms with Crippen LogP contribution in [0.3, 0.4) is 0 Å². The number of aryl methyl sites for hydroxylation is 1. The van der Waals surface area contributed by atoms with Crippen LogP contribution in [0.15, 0.2) is 47.3 Å². The lowest BCUT2D eigenvalue weighted by Gasteiger charge is -2.16. The predicted octanol–water partition coefficient (Wildman–Crippen LogP) is 3.48. The van der Waals surface area contributed by atoms with E-state index in [2.05, 4.69) is 36.5 Å². The zero-order chi connectivity index (χ0) is 19.4. The van der Waals surface area contributed by atoms with Crippen LogP contribution >= 0.6 is 0 Å². The minimum atomic E-state index is 0.0104. The Morgan fingerprint density at radius 2 is 1.67 bits per heavy atom. The van der Waals surface area contributed by atoms with E-state index in [1.165, 1.54) is 5.56 Å². The lowest BCUT2D eigenvalue weighted by molar-refractivity contribution is 0.355. The molecule has 1 N–H and O–H groups in total. The second-order valence-corrected chi connectivity index (χ2v) is 6.59. The molecule has 0 saturated carbocycles. The van der Waals surface area contributed by atoms with Gasteiger partial charge < -0.3 is 19.4 Å². The molecule has 0 amide bonds. The molecule has 1 aromatic heterocycles. The molecule has 5 nitrogen and oxygen atoms in total. The summed E-state index contributed by atoms with van der Waals surface area (Å²) in [7, 11) is 3.22. The maximum Gasteiger partial charge on any atom is 0.255 e. The Morgan fingerprint density at radius 3 is 2.30 bits per heavy atom. The number of pyridine rings is 1. The quantitative estimate of drug-likeness (QED) is 0.695. The minimum absolute atomic E-state index is 0.0104. The van der Waals surface area contributed by atoms with Crippen molar-refractivity contribution in [1.29, 1.82) is 0 Å². The van der Waals surface area contributed by atoms with Crippen molar-refractivity contribution in [2.24, 2.45) is 0 Å². The summed E-state index contributed by atoms with van der Waals surface area (Å²) in [5, 5.41) is 4.20. The topological polar surface area (TPSA) is 52.5 Å². The van der Waals surface area contributed by atoms with E-state index in [-0.39, 0.29) is 5.56 Å². The van der Waals surface area contributed by atoms with Crippen molar-refractivity contribution in [3.8, 4) is 11.5 Å². The number of rotatable bonds is 7. The summed E-state index contributed by atoms with van der Waals surface area (Å²) < 4.78 is 12.7. The summed E-state index contributed by atoms with van der Waals surface area (Å²) in [6, 6.07) is 14.0. The van der Waals surface area contributed by atoms with E-state index in [9.17, 15) is 4.79 Å². The van der Waals surface area contributed by atoms with Crippen LogP contribution in [-0.4, -0.2) is 25.3 Å². The zero-order valence-corrected chi connectivity index (χ0v) is 16.3. The first-order valence-corrected chi connectivity index (χ1v) is 9.12. The molecular formula is C22H26N2O3. The standard InChI is InChI=1S/C22H26N2O3/c1-5-23-13-18-10-17-11-20(26-3)21(27-4)12-19(17)24(22(18)25)14-16-8-6-15(2)7-9-16/h6-12,23H,5,13-14H2,1-4H3. The average Bonchev–Trinajstić information content (AvgIpc) is 2.69. The SMILES string of the molecule is CCNCc1cc2cc(OC)c(OC)cc2n(Cc2ccc(C)cc2)c1=O. The molecule has 0 saturated heterocycles. The van der Waals surface area contributed by atoms with Gasteiger partial charge in [0.25, 0.3) is 5.56 Å². The highest BCUT2D eigenvalue weighted by molar-refractivity contribution is 5.84. The molecule has 3 aromatic rings. The number of hydrogen-bond acceptors (Lipinski definition) is 4. The van der Waals surface area contributed by atoms with Gasteiger partial charge >= 0.3 is 0 Å². The lowest BCUT2D eigenvalue weighted by Crippen LogP contribution is -2.28. The zero-order valence-electron chi connectivity index (χ0n) is 16.3.